The van der Waals surface area contributed by atoms with Crippen LogP contribution in [0.15, 0.2) is 54.6 Å². The number of nitrogens with zero attached hydrogens (tertiary/aromatic N) is 2. The Hall–Kier alpha value is -3.48. The molecule has 1 heterocycles. The molecule has 29 heavy (non-hydrogen) atoms. The second-order valence-corrected chi connectivity index (χ2v) is 6.52. The van der Waals surface area contributed by atoms with Gasteiger partial charge in [0.1, 0.15) is 11.5 Å². The van der Waals surface area contributed by atoms with E-state index in [-0.39, 0.29) is 11.9 Å². The quantitative estimate of drug-likeness (QED) is 0.763. The van der Waals surface area contributed by atoms with Crippen molar-refractivity contribution in [1.82, 2.24) is 15.3 Å². The highest BCUT2D eigenvalue weighted by Crippen LogP contribution is 2.25. The molecule has 1 aliphatic heterocycles. The van der Waals surface area contributed by atoms with E-state index >= 15 is 0 Å². The lowest BCUT2D eigenvalue weighted by Gasteiger charge is -2.27. The van der Waals surface area contributed by atoms with E-state index in [1.54, 1.807) is 38.5 Å². The van der Waals surface area contributed by atoms with Gasteiger partial charge in [0.2, 0.25) is 0 Å². The van der Waals surface area contributed by atoms with Crippen molar-refractivity contribution in [3.63, 3.8) is 0 Å². The van der Waals surface area contributed by atoms with Gasteiger partial charge in [0.25, 0.3) is 5.91 Å². The SMILES string of the molecule is COc1ccc(OC)c(/C=C/C(=O)N2CCCN2C(=O)NCc2ccccc2)c1. The normalized spacial score (nSPS) is 13.6. The number of ether oxygens (including phenoxy) is 2. The van der Waals surface area contributed by atoms with Gasteiger partial charge in [0.15, 0.2) is 0 Å². The van der Waals surface area contributed by atoms with Gasteiger partial charge < -0.3 is 14.8 Å². The minimum absolute atomic E-state index is 0.262. The average Bonchev–Trinajstić information content (AvgIpc) is 3.26. The van der Waals surface area contributed by atoms with E-state index in [4.69, 9.17) is 9.47 Å². The molecule has 0 bridgehead atoms. The first kappa shape index (κ1) is 20.3. The molecule has 2 aromatic carbocycles. The fraction of sp³-hybridized carbons (Fsp3) is 0.273. The summed E-state index contributed by atoms with van der Waals surface area (Å²) >= 11 is 0. The Morgan fingerprint density at radius 2 is 1.79 bits per heavy atom. The molecule has 0 spiro atoms. The molecule has 0 saturated carbocycles. The minimum Gasteiger partial charge on any atom is -0.497 e. The van der Waals surface area contributed by atoms with Crippen LogP contribution in [-0.2, 0) is 11.3 Å². The highest BCUT2D eigenvalue weighted by atomic mass is 16.5. The first-order chi connectivity index (χ1) is 14.1. The zero-order valence-electron chi connectivity index (χ0n) is 16.6. The molecular weight excluding hydrogens is 370 g/mol. The van der Waals surface area contributed by atoms with Crippen LogP contribution in [0.5, 0.6) is 11.5 Å². The Kier molecular flexibility index (Phi) is 6.73. The molecule has 0 atom stereocenters. The summed E-state index contributed by atoms with van der Waals surface area (Å²) in [6, 6.07) is 14.7. The molecule has 7 nitrogen and oxygen atoms in total. The number of methoxy groups -OCH3 is 2. The van der Waals surface area contributed by atoms with Crippen LogP contribution in [0.4, 0.5) is 4.79 Å². The van der Waals surface area contributed by atoms with Crippen LogP contribution in [0, 0.1) is 0 Å². The number of hydrogen-bond acceptors (Lipinski definition) is 4. The summed E-state index contributed by atoms with van der Waals surface area (Å²) in [6.45, 7) is 1.41. The lowest BCUT2D eigenvalue weighted by Crippen LogP contribution is -2.48. The van der Waals surface area contributed by atoms with Crippen LogP contribution in [-0.4, -0.2) is 49.3 Å². The molecule has 7 heteroatoms. The van der Waals surface area contributed by atoms with Crippen LogP contribution < -0.4 is 14.8 Å². The highest BCUT2D eigenvalue weighted by molar-refractivity contribution is 5.93. The Morgan fingerprint density at radius 1 is 1.03 bits per heavy atom. The van der Waals surface area contributed by atoms with Crippen molar-refractivity contribution in [3.05, 3.63) is 65.7 Å². The summed E-state index contributed by atoms with van der Waals surface area (Å²) in [5.41, 5.74) is 1.72. The first-order valence-electron chi connectivity index (χ1n) is 9.43. The second kappa shape index (κ2) is 9.64. The van der Waals surface area contributed by atoms with E-state index in [9.17, 15) is 9.59 Å². The molecule has 3 rings (SSSR count). The van der Waals surface area contributed by atoms with Crippen molar-refractivity contribution < 1.29 is 19.1 Å². The third-order valence-corrected chi connectivity index (χ3v) is 4.65. The van der Waals surface area contributed by atoms with Gasteiger partial charge in [-0.05, 0) is 36.3 Å². The molecule has 1 aliphatic rings. The lowest BCUT2D eigenvalue weighted by molar-refractivity contribution is -0.134. The van der Waals surface area contributed by atoms with Gasteiger partial charge in [0, 0.05) is 31.3 Å². The van der Waals surface area contributed by atoms with Crippen molar-refractivity contribution in [2.45, 2.75) is 13.0 Å². The Balaban J connectivity index is 1.65. The maximum absolute atomic E-state index is 12.7. The monoisotopic (exact) mass is 395 g/mol. The van der Waals surface area contributed by atoms with Crippen molar-refractivity contribution in [1.29, 1.82) is 0 Å². The summed E-state index contributed by atoms with van der Waals surface area (Å²) in [6.07, 6.45) is 3.85. The minimum atomic E-state index is -0.285. The number of benzene rings is 2. The summed E-state index contributed by atoms with van der Waals surface area (Å²) in [5, 5.41) is 5.78. The number of urea groups is 1. The molecule has 0 aliphatic carbocycles. The second-order valence-electron chi connectivity index (χ2n) is 6.52. The van der Waals surface area contributed by atoms with E-state index in [0.29, 0.717) is 31.1 Å². The van der Waals surface area contributed by atoms with Crippen LogP contribution in [0.3, 0.4) is 0 Å². The number of amides is 3. The molecule has 0 unspecified atom stereocenters. The van der Waals surface area contributed by atoms with E-state index in [2.05, 4.69) is 5.32 Å². The fourth-order valence-electron chi connectivity index (χ4n) is 3.13. The molecule has 1 fully saturated rings. The summed E-state index contributed by atoms with van der Waals surface area (Å²) in [5.74, 6) is 1.04. The van der Waals surface area contributed by atoms with E-state index < -0.39 is 0 Å². The van der Waals surface area contributed by atoms with E-state index in [1.165, 1.54) is 16.1 Å². The highest BCUT2D eigenvalue weighted by Gasteiger charge is 2.29. The van der Waals surface area contributed by atoms with Gasteiger partial charge in [-0.2, -0.15) is 0 Å². The van der Waals surface area contributed by atoms with Crippen LogP contribution in [0.2, 0.25) is 0 Å². The standard InChI is InChI=1S/C22H25N3O4/c1-28-19-10-11-20(29-2)18(15-19)9-12-21(26)24-13-6-14-25(24)22(27)23-16-17-7-4-3-5-8-17/h3-5,7-12,15H,6,13-14,16H2,1-2H3,(H,23,27)/b12-9+. The molecule has 0 radical (unpaired) electrons. The zero-order chi connectivity index (χ0) is 20.6. The fourth-order valence-corrected chi connectivity index (χ4v) is 3.13. The number of nitrogens with one attached hydrogen (secondary N) is 1. The van der Waals surface area contributed by atoms with Crippen molar-refractivity contribution in [2.75, 3.05) is 27.3 Å². The molecular formula is C22H25N3O4. The maximum Gasteiger partial charge on any atom is 0.336 e. The van der Waals surface area contributed by atoms with Gasteiger partial charge in [-0.25, -0.2) is 14.8 Å². The molecule has 1 saturated heterocycles. The van der Waals surface area contributed by atoms with E-state index in [1.807, 2.05) is 30.3 Å². The number of rotatable bonds is 6. The van der Waals surface area contributed by atoms with Gasteiger partial charge in [0.05, 0.1) is 14.2 Å². The Bertz CT molecular complexity index is 883. The first-order valence-corrected chi connectivity index (χ1v) is 9.43. The van der Waals surface area contributed by atoms with Gasteiger partial charge in [-0.1, -0.05) is 30.3 Å². The van der Waals surface area contributed by atoms with Crippen molar-refractivity contribution in [3.8, 4) is 11.5 Å². The molecule has 152 valence electrons. The Labute approximate surface area is 170 Å². The topological polar surface area (TPSA) is 71.1 Å². The number of carbonyl (C=O) groups is 2. The van der Waals surface area contributed by atoms with E-state index in [0.717, 1.165) is 17.5 Å². The summed E-state index contributed by atoms with van der Waals surface area (Å²) in [7, 11) is 3.15. The predicted molar refractivity (Wildman–Crippen MR) is 110 cm³/mol. The largest absolute Gasteiger partial charge is 0.497 e. The van der Waals surface area contributed by atoms with Gasteiger partial charge in [-0.3, -0.25) is 4.79 Å². The van der Waals surface area contributed by atoms with Crippen LogP contribution in [0.25, 0.3) is 6.08 Å². The van der Waals surface area contributed by atoms with Crippen molar-refractivity contribution >= 4 is 18.0 Å². The van der Waals surface area contributed by atoms with Gasteiger partial charge in [-0.15, -0.1) is 0 Å². The predicted octanol–water partition coefficient (Wildman–Crippen LogP) is 3.08. The summed E-state index contributed by atoms with van der Waals surface area (Å²) in [4.78, 5) is 25.3. The zero-order valence-corrected chi connectivity index (χ0v) is 16.6. The third kappa shape index (κ3) is 5.07. The lowest BCUT2D eigenvalue weighted by atomic mass is 10.1. The Morgan fingerprint density at radius 3 is 2.52 bits per heavy atom. The molecule has 3 amide bonds. The molecule has 1 N–H and O–H groups in total. The summed E-state index contributed by atoms with van der Waals surface area (Å²) < 4.78 is 10.6. The number of hydrazine groups is 1. The smallest absolute Gasteiger partial charge is 0.336 e. The molecule has 0 aromatic heterocycles. The number of carbonyl (C=O) groups excluding carboxylic acids is 2. The van der Waals surface area contributed by atoms with Crippen LogP contribution in [0.1, 0.15) is 17.5 Å². The van der Waals surface area contributed by atoms with Crippen LogP contribution >= 0.6 is 0 Å². The maximum atomic E-state index is 12.7. The van der Waals surface area contributed by atoms with Gasteiger partial charge >= 0.3 is 6.03 Å². The molecule has 2 aromatic rings. The third-order valence-electron chi connectivity index (χ3n) is 4.65. The average molecular weight is 395 g/mol. The number of hydrogen-bond donors (Lipinski definition) is 1. The van der Waals surface area contributed by atoms with Crippen molar-refractivity contribution in [2.24, 2.45) is 0 Å².